The largest absolute Gasteiger partial charge is 0.449 e. The van der Waals surface area contributed by atoms with E-state index >= 15 is 0 Å². The predicted octanol–water partition coefficient (Wildman–Crippen LogP) is 3.99. The van der Waals surface area contributed by atoms with Crippen molar-refractivity contribution in [2.45, 2.75) is 37.3 Å². The number of nitrogens with one attached hydrogen (secondary N) is 2. The molecule has 2 aromatic heterocycles. The van der Waals surface area contributed by atoms with E-state index in [0.717, 1.165) is 24.2 Å². The van der Waals surface area contributed by atoms with E-state index in [9.17, 15) is 18.0 Å². The van der Waals surface area contributed by atoms with Crippen molar-refractivity contribution in [1.29, 1.82) is 0 Å². The summed E-state index contributed by atoms with van der Waals surface area (Å²) in [5.41, 5.74) is 3.21. The third-order valence-corrected chi connectivity index (χ3v) is 8.06. The zero-order valence-electron chi connectivity index (χ0n) is 22.1. The van der Waals surface area contributed by atoms with Gasteiger partial charge in [-0.25, -0.2) is 18.2 Å². The Morgan fingerprint density at radius 2 is 1.80 bits per heavy atom. The molecule has 1 amide bonds. The molecule has 1 unspecified atom stereocenters. The third kappa shape index (κ3) is 5.80. The highest BCUT2D eigenvalue weighted by Crippen LogP contribution is 2.29. The fraction of sp³-hybridized carbons (Fsp3) is 0.241. The van der Waals surface area contributed by atoms with E-state index in [-0.39, 0.29) is 17.1 Å². The molecule has 3 heterocycles. The van der Waals surface area contributed by atoms with Crippen molar-refractivity contribution < 1.29 is 22.7 Å². The van der Waals surface area contributed by atoms with Crippen LogP contribution in [-0.4, -0.2) is 54.9 Å². The quantitative estimate of drug-likeness (QED) is 0.310. The van der Waals surface area contributed by atoms with Crippen LogP contribution < -0.4 is 10.0 Å². The highest BCUT2D eigenvalue weighted by molar-refractivity contribution is 7.92. The van der Waals surface area contributed by atoms with E-state index in [4.69, 9.17) is 9.72 Å². The first-order valence-electron chi connectivity index (χ1n) is 12.9. The first-order chi connectivity index (χ1) is 19.2. The molecule has 0 fully saturated rings. The number of benzene rings is 2. The standard InChI is InChI=1S/C29H29N5O5S/c1-3-25(28(35)31-19-11-13-20(14-12-19)40(37,38)33-26-10-6-7-16-30-26)39-29(36)27-21-8-4-5-9-23(21)32-24-15-17-34(2)18-22(24)27/h4-14,16,25H,3,15,17-18H2,1-2H3,(H,30,33)(H,31,35). The molecular formula is C29H29N5O5S. The number of aromatic nitrogens is 2. The second-order valence-electron chi connectivity index (χ2n) is 9.55. The molecule has 1 atom stereocenters. The van der Waals surface area contributed by atoms with Crippen LogP contribution in [0.4, 0.5) is 11.5 Å². The normalized spacial score (nSPS) is 14.2. The van der Waals surface area contributed by atoms with Gasteiger partial charge in [-0.05, 0) is 55.9 Å². The van der Waals surface area contributed by atoms with Crippen molar-refractivity contribution in [3.05, 3.63) is 89.7 Å². The highest BCUT2D eigenvalue weighted by Gasteiger charge is 2.29. The van der Waals surface area contributed by atoms with Gasteiger partial charge in [0.2, 0.25) is 0 Å². The minimum atomic E-state index is -3.86. The average Bonchev–Trinajstić information content (AvgIpc) is 2.95. The number of ether oxygens (including phenoxy) is 1. The van der Waals surface area contributed by atoms with Crippen LogP contribution in [0.1, 0.15) is 35.0 Å². The van der Waals surface area contributed by atoms with E-state index in [1.54, 1.807) is 25.1 Å². The Morgan fingerprint density at radius 1 is 1.05 bits per heavy atom. The number of likely N-dealkylation sites (N-methyl/N-ethyl adjacent to an activating group) is 1. The second kappa shape index (κ2) is 11.4. The van der Waals surface area contributed by atoms with Crippen molar-refractivity contribution in [3.63, 3.8) is 0 Å². The third-order valence-electron chi connectivity index (χ3n) is 6.69. The number of anilines is 2. The zero-order valence-corrected chi connectivity index (χ0v) is 22.9. The smallest absolute Gasteiger partial charge is 0.340 e. The minimum absolute atomic E-state index is 0.00827. The number of fused-ring (bicyclic) bond motifs is 2. The van der Waals surface area contributed by atoms with Crippen LogP contribution in [0.3, 0.4) is 0 Å². The number of para-hydroxylation sites is 1. The summed E-state index contributed by atoms with van der Waals surface area (Å²) in [6, 6.07) is 18.0. The molecule has 11 heteroatoms. The van der Waals surface area contributed by atoms with Gasteiger partial charge in [-0.2, -0.15) is 0 Å². The topological polar surface area (TPSA) is 131 Å². The summed E-state index contributed by atoms with van der Waals surface area (Å²) < 4.78 is 33.5. The second-order valence-corrected chi connectivity index (χ2v) is 11.2. The lowest BCUT2D eigenvalue weighted by Gasteiger charge is -2.27. The van der Waals surface area contributed by atoms with E-state index in [2.05, 4.69) is 19.9 Å². The molecule has 0 saturated heterocycles. The first-order valence-corrected chi connectivity index (χ1v) is 14.4. The molecular weight excluding hydrogens is 530 g/mol. The Morgan fingerprint density at radius 3 is 2.52 bits per heavy atom. The fourth-order valence-electron chi connectivity index (χ4n) is 4.63. The lowest BCUT2D eigenvalue weighted by molar-refractivity contribution is -0.124. The molecule has 4 aromatic rings. The Hall–Kier alpha value is -4.35. The lowest BCUT2D eigenvalue weighted by atomic mass is 9.96. The Bertz CT molecular complexity index is 1660. The van der Waals surface area contributed by atoms with Gasteiger partial charge in [0.15, 0.2) is 6.10 Å². The Kier molecular flexibility index (Phi) is 7.76. The number of carbonyl (C=O) groups is 2. The molecule has 0 bridgehead atoms. The number of hydrogen-bond acceptors (Lipinski definition) is 8. The van der Waals surface area contributed by atoms with Crippen molar-refractivity contribution in [1.82, 2.24) is 14.9 Å². The first kappa shape index (κ1) is 27.2. The molecule has 0 spiro atoms. The van der Waals surface area contributed by atoms with E-state index in [0.29, 0.717) is 28.7 Å². The number of esters is 1. The van der Waals surface area contributed by atoms with Crippen LogP contribution in [0.25, 0.3) is 10.9 Å². The monoisotopic (exact) mass is 559 g/mol. The van der Waals surface area contributed by atoms with Crippen LogP contribution in [0, 0.1) is 0 Å². The van der Waals surface area contributed by atoms with E-state index in [1.165, 1.54) is 30.5 Å². The maximum absolute atomic E-state index is 13.5. The molecule has 0 radical (unpaired) electrons. The van der Waals surface area contributed by atoms with Gasteiger partial charge in [-0.1, -0.05) is 31.2 Å². The zero-order chi connectivity index (χ0) is 28.3. The van der Waals surface area contributed by atoms with Crippen LogP contribution in [-0.2, 0) is 32.5 Å². The molecule has 5 rings (SSSR count). The highest BCUT2D eigenvalue weighted by atomic mass is 32.2. The van der Waals surface area contributed by atoms with Gasteiger partial charge in [-0.15, -0.1) is 0 Å². The summed E-state index contributed by atoms with van der Waals surface area (Å²) in [7, 11) is -1.87. The molecule has 2 N–H and O–H groups in total. The van der Waals surface area contributed by atoms with Gasteiger partial charge in [0, 0.05) is 48.0 Å². The number of amides is 1. The molecule has 10 nitrogen and oxygen atoms in total. The van der Waals surface area contributed by atoms with Crippen LogP contribution >= 0.6 is 0 Å². The number of sulfonamides is 1. The van der Waals surface area contributed by atoms with Crippen molar-refractivity contribution in [2.75, 3.05) is 23.6 Å². The average molecular weight is 560 g/mol. The molecule has 2 aromatic carbocycles. The number of nitrogens with zero attached hydrogens (tertiary/aromatic N) is 3. The molecule has 1 aliphatic heterocycles. The number of hydrogen-bond donors (Lipinski definition) is 2. The van der Waals surface area contributed by atoms with E-state index in [1.807, 2.05) is 31.3 Å². The number of rotatable bonds is 8. The lowest BCUT2D eigenvalue weighted by Crippen LogP contribution is -2.34. The van der Waals surface area contributed by atoms with E-state index < -0.39 is 28.0 Å². The predicted molar refractivity (Wildman–Crippen MR) is 151 cm³/mol. The number of carbonyl (C=O) groups excluding carboxylic acids is 2. The van der Waals surface area contributed by atoms with Crippen LogP contribution in [0.2, 0.25) is 0 Å². The maximum Gasteiger partial charge on any atom is 0.340 e. The van der Waals surface area contributed by atoms with Crippen molar-refractivity contribution in [3.8, 4) is 0 Å². The van der Waals surface area contributed by atoms with Crippen molar-refractivity contribution in [2.24, 2.45) is 0 Å². The number of pyridine rings is 2. The van der Waals surface area contributed by atoms with Crippen LogP contribution in [0.5, 0.6) is 0 Å². The van der Waals surface area contributed by atoms with Gasteiger partial charge in [0.05, 0.1) is 16.0 Å². The molecule has 40 heavy (non-hydrogen) atoms. The van der Waals surface area contributed by atoms with Gasteiger partial charge in [-0.3, -0.25) is 14.5 Å². The Balaban J connectivity index is 1.32. The van der Waals surface area contributed by atoms with Gasteiger partial charge in [0.25, 0.3) is 15.9 Å². The van der Waals surface area contributed by atoms with Gasteiger partial charge < -0.3 is 15.0 Å². The van der Waals surface area contributed by atoms with Crippen molar-refractivity contribution >= 4 is 44.3 Å². The minimum Gasteiger partial charge on any atom is -0.449 e. The molecule has 206 valence electrons. The summed E-state index contributed by atoms with van der Waals surface area (Å²) in [5.74, 6) is -0.890. The molecule has 0 saturated carbocycles. The Labute approximate surface area is 232 Å². The van der Waals surface area contributed by atoms with Crippen LogP contribution in [0.15, 0.2) is 77.8 Å². The summed E-state index contributed by atoms with van der Waals surface area (Å²) in [6.45, 7) is 3.15. The fourth-order valence-corrected chi connectivity index (χ4v) is 5.64. The summed E-state index contributed by atoms with van der Waals surface area (Å²) in [5, 5.41) is 3.41. The summed E-state index contributed by atoms with van der Waals surface area (Å²) >= 11 is 0. The maximum atomic E-state index is 13.5. The van der Waals surface area contributed by atoms with Gasteiger partial charge >= 0.3 is 5.97 Å². The molecule has 1 aliphatic rings. The van der Waals surface area contributed by atoms with Gasteiger partial charge in [0.1, 0.15) is 5.82 Å². The molecule has 0 aliphatic carbocycles. The SMILES string of the molecule is CCC(OC(=O)c1c2c(nc3ccccc13)CCN(C)C2)C(=O)Nc1ccc(S(=O)(=O)Nc2ccccn2)cc1. The summed E-state index contributed by atoms with van der Waals surface area (Å²) in [4.78, 5) is 37.5. The summed E-state index contributed by atoms with van der Waals surface area (Å²) in [6.07, 6.45) is 1.41.